The van der Waals surface area contributed by atoms with Crippen LogP contribution < -0.4 is 5.32 Å². The van der Waals surface area contributed by atoms with Crippen LogP contribution >= 0.6 is 39.0 Å². The van der Waals surface area contributed by atoms with Gasteiger partial charge in [0.15, 0.2) is 0 Å². The zero-order valence-corrected chi connectivity index (χ0v) is 14.7. The lowest BCUT2D eigenvalue weighted by Crippen LogP contribution is -2.03. The molecule has 1 N–H and O–H groups in total. The number of nitrogens with zero attached hydrogens (tertiary/aromatic N) is 2. The van der Waals surface area contributed by atoms with E-state index in [1.807, 2.05) is 0 Å². The molecule has 21 heavy (non-hydrogen) atoms. The second-order valence-electron chi connectivity index (χ2n) is 4.40. The van der Waals surface area contributed by atoms with Crippen molar-refractivity contribution in [2.75, 3.05) is 11.9 Å². The molecule has 3 nitrogen and oxygen atoms in total. The maximum atomic E-state index is 4.65. The van der Waals surface area contributed by atoms with E-state index in [-0.39, 0.29) is 0 Å². The third kappa shape index (κ3) is 3.56. The van der Waals surface area contributed by atoms with Crippen LogP contribution in [0.1, 0.15) is 12.7 Å². The third-order valence-electron chi connectivity index (χ3n) is 2.90. The van der Waals surface area contributed by atoms with Gasteiger partial charge in [0.05, 0.1) is 11.1 Å². The molecule has 0 radical (unpaired) electrons. The van der Waals surface area contributed by atoms with Gasteiger partial charge in [-0.3, -0.25) is 0 Å². The molecule has 0 unspecified atom stereocenters. The van der Waals surface area contributed by atoms with Crippen LogP contribution in [0.2, 0.25) is 0 Å². The molecule has 0 saturated heterocycles. The molecule has 0 atom stereocenters. The summed E-state index contributed by atoms with van der Waals surface area (Å²) in [5.41, 5.74) is 0. The predicted molar refractivity (Wildman–Crippen MR) is 95.3 cm³/mol. The van der Waals surface area contributed by atoms with Gasteiger partial charge < -0.3 is 5.32 Å². The number of hydrogen-bond acceptors (Lipinski definition) is 5. The second-order valence-corrected chi connectivity index (χ2v) is 7.26. The molecule has 0 aliphatic heterocycles. The van der Waals surface area contributed by atoms with Crippen molar-refractivity contribution in [3.63, 3.8) is 0 Å². The van der Waals surface area contributed by atoms with E-state index in [1.54, 1.807) is 23.1 Å². The Hall–Kier alpha value is -1.11. The number of thiophene rings is 1. The SMILES string of the molecule is CCNc1nc(CSc2ccc(Br)cc2)nc2sccc12. The molecular weight excluding hydrogens is 366 g/mol. The maximum Gasteiger partial charge on any atom is 0.142 e. The fourth-order valence-corrected chi connectivity index (χ4v) is 3.75. The summed E-state index contributed by atoms with van der Waals surface area (Å²) < 4.78 is 1.09. The van der Waals surface area contributed by atoms with E-state index in [0.717, 1.165) is 38.6 Å². The van der Waals surface area contributed by atoms with Crippen LogP contribution in [0.15, 0.2) is 45.1 Å². The topological polar surface area (TPSA) is 37.8 Å². The Balaban J connectivity index is 1.81. The lowest BCUT2D eigenvalue weighted by Gasteiger charge is -2.07. The average Bonchev–Trinajstić information content (AvgIpc) is 2.96. The number of fused-ring (bicyclic) bond motifs is 1. The Bertz CT molecular complexity index is 740. The summed E-state index contributed by atoms with van der Waals surface area (Å²) in [4.78, 5) is 11.6. The van der Waals surface area contributed by atoms with Crippen LogP contribution in [0.3, 0.4) is 0 Å². The molecule has 0 amide bonds. The minimum atomic E-state index is 0.772. The molecule has 3 aromatic rings. The van der Waals surface area contributed by atoms with Gasteiger partial charge in [-0.2, -0.15) is 0 Å². The van der Waals surface area contributed by atoms with Crippen molar-refractivity contribution in [1.29, 1.82) is 0 Å². The highest BCUT2D eigenvalue weighted by Gasteiger charge is 2.08. The number of nitrogens with one attached hydrogen (secondary N) is 1. The van der Waals surface area contributed by atoms with Gasteiger partial charge in [0.1, 0.15) is 16.5 Å². The molecule has 6 heteroatoms. The number of aromatic nitrogens is 2. The Morgan fingerprint density at radius 3 is 2.76 bits per heavy atom. The Labute approximate surface area is 140 Å². The van der Waals surface area contributed by atoms with Gasteiger partial charge in [0.25, 0.3) is 0 Å². The Morgan fingerprint density at radius 1 is 1.19 bits per heavy atom. The van der Waals surface area contributed by atoms with E-state index in [4.69, 9.17) is 0 Å². The highest BCUT2D eigenvalue weighted by Crippen LogP contribution is 2.28. The van der Waals surface area contributed by atoms with Crippen LogP contribution in [0.4, 0.5) is 5.82 Å². The largest absolute Gasteiger partial charge is 0.370 e. The third-order valence-corrected chi connectivity index (χ3v) is 5.24. The molecular formula is C15H14BrN3S2. The molecule has 0 bridgehead atoms. The molecule has 1 aromatic carbocycles. The number of halogens is 1. The summed E-state index contributed by atoms with van der Waals surface area (Å²) in [6.07, 6.45) is 0. The lowest BCUT2D eigenvalue weighted by atomic mass is 10.3. The maximum absolute atomic E-state index is 4.65. The molecule has 2 aromatic heterocycles. The van der Waals surface area contributed by atoms with E-state index in [9.17, 15) is 0 Å². The van der Waals surface area contributed by atoms with Crippen LogP contribution in [-0.2, 0) is 5.75 Å². The first-order valence-corrected chi connectivity index (χ1v) is 9.28. The van der Waals surface area contributed by atoms with Crippen LogP contribution in [0.25, 0.3) is 10.2 Å². The fraction of sp³-hybridized carbons (Fsp3) is 0.200. The fourth-order valence-electron chi connectivity index (χ4n) is 1.95. The Kier molecular flexibility index (Phi) is 4.77. The van der Waals surface area contributed by atoms with Gasteiger partial charge >= 0.3 is 0 Å². The predicted octanol–water partition coefficient (Wildman–Crippen LogP) is 5.18. The molecule has 108 valence electrons. The summed E-state index contributed by atoms with van der Waals surface area (Å²) in [6, 6.07) is 10.4. The van der Waals surface area contributed by atoms with E-state index < -0.39 is 0 Å². The second kappa shape index (κ2) is 6.77. The van der Waals surface area contributed by atoms with Gasteiger partial charge in [-0.05, 0) is 42.6 Å². The standard InChI is InChI=1S/C15H14BrN3S2/c1-2-17-14-12-7-8-20-15(12)19-13(18-14)9-21-11-5-3-10(16)4-6-11/h3-8H,2,9H2,1H3,(H,17,18,19). The molecule has 2 heterocycles. The van der Waals surface area contributed by atoms with Crippen molar-refractivity contribution in [2.45, 2.75) is 17.6 Å². The zero-order chi connectivity index (χ0) is 14.7. The van der Waals surface area contributed by atoms with E-state index >= 15 is 0 Å². The minimum Gasteiger partial charge on any atom is -0.370 e. The average molecular weight is 380 g/mol. The summed E-state index contributed by atoms with van der Waals surface area (Å²) in [6.45, 7) is 2.94. The van der Waals surface area contributed by atoms with Crippen molar-refractivity contribution >= 4 is 55.1 Å². The first-order chi connectivity index (χ1) is 10.3. The number of rotatable bonds is 5. The Morgan fingerprint density at radius 2 is 2.00 bits per heavy atom. The van der Waals surface area contributed by atoms with Crippen molar-refractivity contribution in [2.24, 2.45) is 0 Å². The number of thioether (sulfide) groups is 1. The van der Waals surface area contributed by atoms with Crippen molar-refractivity contribution in [3.05, 3.63) is 46.0 Å². The summed E-state index contributed by atoms with van der Waals surface area (Å²) in [5, 5.41) is 6.49. The normalized spacial score (nSPS) is 11.0. The molecule has 3 rings (SSSR count). The van der Waals surface area contributed by atoms with Gasteiger partial charge in [-0.15, -0.1) is 23.1 Å². The van der Waals surface area contributed by atoms with Gasteiger partial charge in [-0.1, -0.05) is 15.9 Å². The zero-order valence-electron chi connectivity index (χ0n) is 11.5. The van der Waals surface area contributed by atoms with Crippen molar-refractivity contribution in [1.82, 2.24) is 9.97 Å². The first kappa shape index (κ1) is 14.8. The van der Waals surface area contributed by atoms with Crippen LogP contribution in [-0.4, -0.2) is 16.5 Å². The molecule has 0 aliphatic carbocycles. The van der Waals surface area contributed by atoms with E-state index in [2.05, 4.69) is 73.9 Å². The van der Waals surface area contributed by atoms with Crippen molar-refractivity contribution in [3.8, 4) is 0 Å². The number of anilines is 1. The summed E-state index contributed by atoms with van der Waals surface area (Å²) >= 11 is 6.86. The number of hydrogen-bond donors (Lipinski definition) is 1. The first-order valence-electron chi connectivity index (χ1n) is 6.62. The molecule has 0 saturated carbocycles. The smallest absolute Gasteiger partial charge is 0.142 e. The highest BCUT2D eigenvalue weighted by atomic mass is 79.9. The van der Waals surface area contributed by atoms with Gasteiger partial charge in [0, 0.05) is 15.9 Å². The molecule has 0 spiro atoms. The summed E-state index contributed by atoms with van der Waals surface area (Å²) in [5.74, 6) is 2.58. The summed E-state index contributed by atoms with van der Waals surface area (Å²) in [7, 11) is 0. The van der Waals surface area contributed by atoms with Crippen molar-refractivity contribution < 1.29 is 0 Å². The highest BCUT2D eigenvalue weighted by molar-refractivity contribution is 9.10. The molecule has 0 aliphatic rings. The van der Waals surface area contributed by atoms with Gasteiger partial charge in [-0.25, -0.2) is 9.97 Å². The van der Waals surface area contributed by atoms with Gasteiger partial charge in [0.2, 0.25) is 0 Å². The monoisotopic (exact) mass is 379 g/mol. The molecule has 0 fully saturated rings. The lowest BCUT2D eigenvalue weighted by molar-refractivity contribution is 1.05. The number of benzene rings is 1. The minimum absolute atomic E-state index is 0.772. The quantitative estimate of drug-likeness (QED) is 0.619. The van der Waals surface area contributed by atoms with Crippen LogP contribution in [0, 0.1) is 0 Å². The van der Waals surface area contributed by atoms with E-state index in [1.165, 1.54) is 4.90 Å². The van der Waals surface area contributed by atoms with Crippen LogP contribution in [0.5, 0.6) is 0 Å². The van der Waals surface area contributed by atoms with E-state index in [0.29, 0.717) is 0 Å².